The number of carbonyl (C=O) groups excluding carboxylic acids is 1. The molecule has 0 saturated heterocycles. The summed E-state index contributed by atoms with van der Waals surface area (Å²) in [5.41, 5.74) is 2.41. The lowest BCUT2D eigenvalue weighted by atomic mass is 9.93. The lowest BCUT2D eigenvalue weighted by Gasteiger charge is -2.17. The molecule has 0 saturated carbocycles. The first-order valence-electron chi connectivity index (χ1n) is 9.41. The van der Waals surface area contributed by atoms with Gasteiger partial charge in [-0.1, -0.05) is 23.8 Å². The maximum atomic E-state index is 12.4. The molecule has 0 bridgehead atoms. The summed E-state index contributed by atoms with van der Waals surface area (Å²) in [6.45, 7) is 4.06. The van der Waals surface area contributed by atoms with Crippen LogP contribution in [0.25, 0.3) is 0 Å². The van der Waals surface area contributed by atoms with Crippen molar-refractivity contribution in [1.29, 1.82) is 0 Å². The van der Waals surface area contributed by atoms with Crippen LogP contribution in [0.3, 0.4) is 0 Å². The standard InChI is InChI=1S/C23H23NO5S/c1-14-6-7-20(15(2)9-14)30-13-17-10-19(25)22(27)23(29-17)18(11-21(26)28-3)16-5-4-8-24-12-16/h4-10,12,18,27H,11,13H2,1-3H3. The molecule has 0 amide bonds. The number of thioether (sulfide) groups is 1. The summed E-state index contributed by atoms with van der Waals surface area (Å²) in [5, 5.41) is 10.4. The average Bonchev–Trinajstić information content (AvgIpc) is 2.74. The molecule has 0 aliphatic carbocycles. The average molecular weight is 426 g/mol. The molecule has 2 heterocycles. The number of benzene rings is 1. The van der Waals surface area contributed by atoms with Crippen LogP contribution >= 0.6 is 11.8 Å². The van der Waals surface area contributed by atoms with Crippen LogP contribution < -0.4 is 5.43 Å². The minimum absolute atomic E-state index is 0.0390. The molecule has 0 radical (unpaired) electrons. The number of hydrogen-bond donors (Lipinski definition) is 1. The van der Waals surface area contributed by atoms with E-state index in [-0.39, 0.29) is 12.2 Å². The van der Waals surface area contributed by atoms with Crippen molar-refractivity contribution in [2.24, 2.45) is 0 Å². The molecule has 0 fully saturated rings. The fourth-order valence-corrected chi connectivity index (χ4v) is 4.06. The molecule has 1 atom stereocenters. The van der Waals surface area contributed by atoms with Crippen LogP contribution in [0.2, 0.25) is 0 Å². The summed E-state index contributed by atoms with van der Waals surface area (Å²) in [4.78, 5) is 29.6. The normalized spacial score (nSPS) is 11.8. The molecule has 0 aliphatic rings. The number of hydrogen-bond acceptors (Lipinski definition) is 7. The van der Waals surface area contributed by atoms with Crippen molar-refractivity contribution in [3.63, 3.8) is 0 Å². The summed E-state index contributed by atoms with van der Waals surface area (Å²) in [5.74, 6) is -0.822. The number of ether oxygens (including phenoxy) is 1. The largest absolute Gasteiger partial charge is 0.502 e. The minimum atomic E-state index is -0.690. The smallest absolute Gasteiger partial charge is 0.306 e. The van der Waals surface area contributed by atoms with Crippen molar-refractivity contribution in [2.75, 3.05) is 7.11 Å². The summed E-state index contributed by atoms with van der Waals surface area (Å²) >= 11 is 1.54. The summed E-state index contributed by atoms with van der Waals surface area (Å²) in [6, 6.07) is 10.9. The van der Waals surface area contributed by atoms with Gasteiger partial charge in [0.15, 0.2) is 5.76 Å². The first kappa shape index (κ1) is 21.6. The van der Waals surface area contributed by atoms with Gasteiger partial charge >= 0.3 is 5.97 Å². The van der Waals surface area contributed by atoms with Crippen LogP contribution in [0.4, 0.5) is 0 Å². The molecule has 0 aliphatic heterocycles. The number of carbonyl (C=O) groups is 1. The zero-order valence-corrected chi connectivity index (χ0v) is 17.9. The van der Waals surface area contributed by atoms with E-state index in [1.807, 2.05) is 26.0 Å². The quantitative estimate of drug-likeness (QED) is 0.445. The van der Waals surface area contributed by atoms with Crippen molar-refractivity contribution in [1.82, 2.24) is 4.98 Å². The highest BCUT2D eigenvalue weighted by Crippen LogP contribution is 2.34. The van der Waals surface area contributed by atoms with Crippen LogP contribution in [0.5, 0.6) is 5.75 Å². The fourth-order valence-electron chi connectivity index (χ4n) is 3.17. The van der Waals surface area contributed by atoms with Gasteiger partial charge in [-0.3, -0.25) is 14.6 Å². The van der Waals surface area contributed by atoms with E-state index >= 15 is 0 Å². The highest BCUT2D eigenvalue weighted by atomic mass is 32.2. The molecule has 1 unspecified atom stereocenters. The molecule has 1 N–H and O–H groups in total. The van der Waals surface area contributed by atoms with Crippen LogP contribution in [0.1, 0.15) is 40.5 Å². The third-order valence-corrected chi connectivity index (χ3v) is 5.90. The molecule has 0 spiro atoms. The third kappa shape index (κ3) is 5.10. The number of aromatic nitrogens is 1. The van der Waals surface area contributed by atoms with E-state index in [4.69, 9.17) is 9.15 Å². The Morgan fingerprint density at radius 2 is 2.07 bits per heavy atom. The van der Waals surface area contributed by atoms with Gasteiger partial charge in [0.05, 0.1) is 25.2 Å². The Kier molecular flexibility index (Phi) is 6.95. The summed E-state index contributed by atoms with van der Waals surface area (Å²) in [7, 11) is 1.29. The lowest BCUT2D eigenvalue weighted by molar-refractivity contribution is -0.140. The van der Waals surface area contributed by atoms with E-state index in [0.717, 1.165) is 10.5 Å². The van der Waals surface area contributed by atoms with Crippen molar-refractivity contribution in [3.05, 3.63) is 87.2 Å². The molecule has 30 heavy (non-hydrogen) atoms. The highest BCUT2D eigenvalue weighted by Gasteiger charge is 2.26. The second-order valence-electron chi connectivity index (χ2n) is 6.97. The predicted octanol–water partition coefficient (Wildman–Crippen LogP) is 4.34. The van der Waals surface area contributed by atoms with Gasteiger partial charge in [0.2, 0.25) is 11.2 Å². The fraction of sp³-hybridized carbons (Fsp3) is 0.261. The molecule has 2 aromatic heterocycles. The van der Waals surface area contributed by atoms with E-state index < -0.39 is 23.1 Å². The number of esters is 1. The van der Waals surface area contributed by atoms with Gasteiger partial charge in [0.25, 0.3) is 0 Å². The zero-order valence-electron chi connectivity index (χ0n) is 17.0. The van der Waals surface area contributed by atoms with Crippen LogP contribution in [-0.2, 0) is 15.3 Å². The molecule has 3 aromatic rings. The van der Waals surface area contributed by atoms with Gasteiger partial charge < -0.3 is 14.3 Å². The Hall–Kier alpha value is -3.06. The Bertz CT molecular complexity index is 1090. The van der Waals surface area contributed by atoms with E-state index in [0.29, 0.717) is 17.1 Å². The summed E-state index contributed by atoms with van der Waals surface area (Å²) < 4.78 is 10.7. The van der Waals surface area contributed by atoms with Crippen molar-refractivity contribution in [2.45, 2.75) is 36.8 Å². The second-order valence-corrected chi connectivity index (χ2v) is 7.98. The maximum absolute atomic E-state index is 12.4. The first-order valence-corrected chi connectivity index (χ1v) is 10.4. The van der Waals surface area contributed by atoms with Crippen LogP contribution in [0, 0.1) is 13.8 Å². The van der Waals surface area contributed by atoms with Crippen molar-refractivity contribution >= 4 is 17.7 Å². The Labute approximate surface area is 178 Å². The molecule has 1 aromatic carbocycles. The van der Waals surface area contributed by atoms with E-state index in [1.165, 1.54) is 30.5 Å². The lowest BCUT2D eigenvalue weighted by Crippen LogP contribution is -2.14. The monoisotopic (exact) mass is 425 g/mol. The SMILES string of the molecule is COC(=O)CC(c1cccnc1)c1oc(CSc2ccc(C)cc2C)cc(=O)c1O. The molecule has 7 heteroatoms. The molecule has 6 nitrogen and oxygen atoms in total. The Morgan fingerprint density at radius 3 is 2.73 bits per heavy atom. The number of aromatic hydroxyl groups is 1. The molecular formula is C23H23NO5S. The third-order valence-electron chi connectivity index (χ3n) is 4.70. The summed E-state index contributed by atoms with van der Waals surface area (Å²) in [6.07, 6.45) is 3.09. The van der Waals surface area contributed by atoms with E-state index in [1.54, 1.807) is 24.5 Å². The van der Waals surface area contributed by atoms with Crippen molar-refractivity contribution < 1.29 is 19.1 Å². The van der Waals surface area contributed by atoms with Gasteiger partial charge in [-0.15, -0.1) is 11.8 Å². The van der Waals surface area contributed by atoms with Gasteiger partial charge in [0.1, 0.15) is 5.76 Å². The predicted molar refractivity (Wildman–Crippen MR) is 115 cm³/mol. The van der Waals surface area contributed by atoms with Gasteiger partial charge in [-0.05, 0) is 37.1 Å². The van der Waals surface area contributed by atoms with Gasteiger partial charge in [0, 0.05) is 23.4 Å². The molecule has 3 rings (SSSR count). The van der Waals surface area contributed by atoms with Gasteiger partial charge in [-0.25, -0.2) is 0 Å². The van der Waals surface area contributed by atoms with E-state index in [2.05, 4.69) is 11.1 Å². The number of methoxy groups -OCH3 is 1. The van der Waals surface area contributed by atoms with Crippen LogP contribution in [0.15, 0.2) is 62.9 Å². The number of aryl methyl sites for hydroxylation is 2. The molecule has 156 valence electrons. The maximum Gasteiger partial charge on any atom is 0.306 e. The Balaban J connectivity index is 1.95. The van der Waals surface area contributed by atoms with Crippen molar-refractivity contribution in [3.8, 4) is 5.75 Å². The second kappa shape index (κ2) is 9.63. The number of rotatable bonds is 7. The van der Waals surface area contributed by atoms with Gasteiger partial charge in [-0.2, -0.15) is 0 Å². The number of nitrogens with zero attached hydrogens (tertiary/aromatic N) is 1. The Morgan fingerprint density at radius 1 is 1.27 bits per heavy atom. The van der Waals surface area contributed by atoms with Crippen LogP contribution in [-0.4, -0.2) is 23.2 Å². The zero-order chi connectivity index (χ0) is 21.7. The van der Waals surface area contributed by atoms with E-state index in [9.17, 15) is 14.7 Å². The highest BCUT2D eigenvalue weighted by molar-refractivity contribution is 7.98. The number of pyridine rings is 1. The topological polar surface area (TPSA) is 89.6 Å². The minimum Gasteiger partial charge on any atom is -0.502 e. The molecular weight excluding hydrogens is 402 g/mol. The first-order chi connectivity index (χ1) is 14.4.